The van der Waals surface area contributed by atoms with E-state index in [4.69, 9.17) is 0 Å². The molecule has 1 aromatic heterocycles. The molecule has 160 valence electrons. The van der Waals surface area contributed by atoms with Crippen LogP contribution < -0.4 is 16.2 Å². The summed E-state index contributed by atoms with van der Waals surface area (Å²) in [6.07, 6.45) is 1.55. The molecule has 1 unspecified atom stereocenters. The first kappa shape index (κ1) is 20.9. The smallest absolute Gasteiger partial charge is 0.271 e. The van der Waals surface area contributed by atoms with Crippen LogP contribution in [0.4, 0.5) is 0 Å². The summed E-state index contributed by atoms with van der Waals surface area (Å²) in [7, 11) is 0. The van der Waals surface area contributed by atoms with Gasteiger partial charge in [0.25, 0.3) is 11.8 Å². The highest BCUT2D eigenvalue weighted by atomic mass is 16.2. The largest absolute Gasteiger partial charge is 0.360 e. The Hall–Kier alpha value is -4.39. The molecule has 32 heavy (non-hydrogen) atoms. The monoisotopic (exact) mass is 426 g/mol. The van der Waals surface area contributed by atoms with Crippen LogP contribution in [-0.4, -0.2) is 22.7 Å². The number of H-pyrrole nitrogens is 1. The summed E-state index contributed by atoms with van der Waals surface area (Å²) in [4.78, 5) is 40.8. The van der Waals surface area contributed by atoms with Gasteiger partial charge < -0.3 is 10.3 Å². The number of aromatic nitrogens is 1. The van der Waals surface area contributed by atoms with Crippen molar-refractivity contribution in [3.8, 4) is 0 Å². The van der Waals surface area contributed by atoms with Crippen LogP contribution in [0.2, 0.25) is 0 Å². The number of para-hydroxylation sites is 1. The summed E-state index contributed by atoms with van der Waals surface area (Å²) in [6, 6.07) is 24.9. The first-order chi connectivity index (χ1) is 15.6. The number of carbonyl (C=O) groups is 3. The van der Waals surface area contributed by atoms with Crippen molar-refractivity contribution in [2.24, 2.45) is 0 Å². The second kappa shape index (κ2) is 9.61. The van der Waals surface area contributed by atoms with E-state index in [9.17, 15) is 14.4 Å². The van der Waals surface area contributed by atoms with E-state index < -0.39 is 17.9 Å². The Kier molecular flexibility index (Phi) is 6.27. The predicted molar refractivity (Wildman–Crippen MR) is 122 cm³/mol. The van der Waals surface area contributed by atoms with Crippen molar-refractivity contribution < 1.29 is 14.4 Å². The number of aromatic amines is 1. The molecule has 3 amide bonds. The Morgan fingerprint density at radius 3 is 2.16 bits per heavy atom. The van der Waals surface area contributed by atoms with Crippen LogP contribution in [0.25, 0.3) is 10.9 Å². The lowest BCUT2D eigenvalue weighted by molar-refractivity contribution is -0.122. The Morgan fingerprint density at radius 2 is 1.41 bits per heavy atom. The summed E-state index contributed by atoms with van der Waals surface area (Å²) in [5, 5.41) is 3.66. The van der Waals surface area contributed by atoms with Gasteiger partial charge in [-0.05, 0) is 23.8 Å². The third-order valence-electron chi connectivity index (χ3n) is 5.08. The van der Waals surface area contributed by atoms with Crippen LogP contribution in [0.3, 0.4) is 0 Å². The Balaban J connectivity index is 1.42. The van der Waals surface area contributed by atoms with Crippen molar-refractivity contribution in [3.05, 3.63) is 108 Å². The number of hydrogen-bond donors (Lipinski definition) is 4. The van der Waals surface area contributed by atoms with Crippen LogP contribution in [0.5, 0.6) is 0 Å². The van der Waals surface area contributed by atoms with Crippen molar-refractivity contribution in [2.75, 3.05) is 0 Å². The Labute approximate surface area is 184 Å². The maximum absolute atomic E-state index is 12.6. The first-order valence-corrected chi connectivity index (χ1v) is 10.2. The van der Waals surface area contributed by atoms with Gasteiger partial charge in [0.1, 0.15) is 0 Å². The van der Waals surface area contributed by atoms with Gasteiger partial charge in [-0.15, -0.1) is 0 Å². The zero-order valence-electron chi connectivity index (χ0n) is 17.2. The molecule has 0 aliphatic carbocycles. The Morgan fingerprint density at radius 1 is 0.750 bits per heavy atom. The van der Waals surface area contributed by atoms with Gasteiger partial charge in [-0.1, -0.05) is 66.7 Å². The molecule has 0 saturated carbocycles. The molecule has 4 aromatic rings. The molecule has 1 heterocycles. The van der Waals surface area contributed by atoms with Gasteiger partial charge in [-0.3, -0.25) is 25.2 Å². The molecule has 7 nitrogen and oxygen atoms in total. The van der Waals surface area contributed by atoms with Crippen LogP contribution in [-0.2, 0) is 4.79 Å². The highest BCUT2D eigenvalue weighted by molar-refractivity contribution is 6.07. The fraction of sp³-hybridized carbons (Fsp3) is 0.0800. The third kappa shape index (κ3) is 4.84. The molecule has 0 saturated heterocycles. The van der Waals surface area contributed by atoms with Crippen LogP contribution in [0, 0.1) is 0 Å². The van der Waals surface area contributed by atoms with Crippen molar-refractivity contribution in [2.45, 2.75) is 12.5 Å². The molecule has 7 heteroatoms. The second-order valence-corrected chi connectivity index (χ2v) is 7.26. The SMILES string of the molecule is O=C(CC(NC(=O)c1ccccc1)c1ccccc1)NNC(=O)c1c[nH]c2ccccc12. The summed E-state index contributed by atoms with van der Waals surface area (Å²) in [6.45, 7) is 0. The summed E-state index contributed by atoms with van der Waals surface area (Å²) < 4.78 is 0. The van der Waals surface area contributed by atoms with Crippen LogP contribution in [0.1, 0.15) is 38.7 Å². The number of benzene rings is 3. The van der Waals surface area contributed by atoms with Gasteiger partial charge in [-0.2, -0.15) is 0 Å². The predicted octanol–water partition coefficient (Wildman–Crippen LogP) is 3.49. The molecule has 1 atom stereocenters. The van der Waals surface area contributed by atoms with E-state index in [1.807, 2.05) is 60.7 Å². The maximum Gasteiger partial charge on any atom is 0.271 e. The average Bonchev–Trinajstić information content (AvgIpc) is 3.27. The quantitative estimate of drug-likeness (QED) is 0.355. The van der Waals surface area contributed by atoms with Gasteiger partial charge >= 0.3 is 0 Å². The number of fused-ring (bicyclic) bond motifs is 1. The van der Waals surface area contributed by atoms with E-state index in [0.29, 0.717) is 11.1 Å². The van der Waals surface area contributed by atoms with Gasteiger partial charge in [0.2, 0.25) is 5.91 Å². The molecule has 3 aromatic carbocycles. The van der Waals surface area contributed by atoms with E-state index in [1.54, 1.807) is 30.5 Å². The lowest BCUT2D eigenvalue weighted by Crippen LogP contribution is -2.43. The normalized spacial score (nSPS) is 11.5. The number of hydrogen-bond acceptors (Lipinski definition) is 3. The lowest BCUT2D eigenvalue weighted by Gasteiger charge is -2.19. The molecule has 4 N–H and O–H groups in total. The van der Waals surface area contributed by atoms with E-state index in [2.05, 4.69) is 21.2 Å². The highest BCUT2D eigenvalue weighted by Crippen LogP contribution is 2.18. The number of nitrogens with one attached hydrogen (secondary N) is 4. The lowest BCUT2D eigenvalue weighted by atomic mass is 10.0. The second-order valence-electron chi connectivity index (χ2n) is 7.26. The van der Waals surface area contributed by atoms with Crippen molar-refractivity contribution in [1.29, 1.82) is 0 Å². The minimum absolute atomic E-state index is 0.0449. The third-order valence-corrected chi connectivity index (χ3v) is 5.08. The molecule has 0 fully saturated rings. The first-order valence-electron chi connectivity index (χ1n) is 10.2. The zero-order valence-corrected chi connectivity index (χ0v) is 17.2. The van der Waals surface area contributed by atoms with E-state index in [0.717, 1.165) is 16.5 Å². The number of amides is 3. The number of hydrazine groups is 1. The van der Waals surface area contributed by atoms with Crippen LogP contribution in [0.15, 0.2) is 91.1 Å². The molecule has 4 rings (SSSR count). The molecule has 0 bridgehead atoms. The van der Waals surface area contributed by atoms with Gasteiger partial charge in [0.15, 0.2) is 0 Å². The molecule has 0 radical (unpaired) electrons. The van der Waals surface area contributed by atoms with Crippen LogP contribution >= 0.6 is 0 Å². The van der Waals surface area contributed by atoms with Crippen molar-refractivity contribution >= 4 is 28.6 Å². The number of carbonyl (C=O) groups excluding carboxylic acids is 3. The molecular weight excluding hydrogens is 404 g/mol. The van der Waals surface area contributed by atoms with Gasteiger partial charge in [0.05, 0.1) is 18.0 Å². The minimum Gasteiger partial charge on any atom is -0.360 e. The molecular formula is C25H22N4O3. The Bertz CT molecular complexity index is 1240. The fourth-order valence-electron chi connectivity index (χ4n) is 3.46. The topological polar surface area (TPSA) is 103 Å². The maximum atomic E-state index is 12.6. The van der Waals surface area contributed by atoms with Crippen molar-refractivity contribution in [1.82, 2.24) is 21.2 Å². The standard InChI is InChI=1S/C25H22N4O3/c30-23(28-29-25(32)20-16-26-21-14-8-7-13-19(20)21)15-22(17-9-3-1-4-10-17)27-24(31)18-11-5-2-6-12-18/h1-14,16,22,26H,15H2,(H,27,31)(H,28,30)(H,29,32). The highest BCUT2D eigenvalue weighted by Gasteiger charge is 2.20. The molecule has 0 aliphatic heterocycles. The summed E-state index contributed by atoms with van der Waals surface area (Å²) in [5.41, 5.74) is 7.44. The zero-order chi connectivity index (χ0) is 22.3. The van der Waals surface area contributed by atoms with E-state index in [-0.39, 0.29) is 12.3 Å². The van der Waals surface area contributed by atoms with Crippen molar-refractivity contribution in [3.63, 3.8) is 0 Å². The average molecular weight is 426 g/mol. The van der Waals surface area contributed by atoms with Gasteiger partial charge in [-0.25, -0.2) is 0 Å². The minimum atomic E-state index is -0.561. The summed E-state index contributed by atoms with van der Waals surface area (Å²) in [5.74, 6) is -1.14. The fourth-order valence-corrected chi connectivity index (χ4v) is 3.46. The number of rotatable bonds is 6. The summed E-state index contributed by atoms with van der Waals surface area (Å²) >= 11 is 0. The van der Waals surface area contributed by atoms with Gasteiger partial charge in [0, 0.05) is 22.7 Å². The molecule has 0 aliphatic rings. The van der Waals surface area contributed by atoms with E-state index in [1.165, 1.54) is 0 Å². The molecule has 0 spiro atoms. The van der Waals surface area contributed by atoms with E-state index >= 15 is 0 Å².